The van der Waals surface area contributed by atoms with E-state index in [1.54, 1.807) is 4.90 Å². The zero-order valence-corrected chi connectivity index (χ0v) is 15.4. The summed E-state index contributed by atoms with van der Waals surface area (Å²) in [5.74, 6) is 2.25. The third-order valence-electron chi connectivity index (χ3n) is 4.83. The fraction of sp³-hybridized carbons (Fsp3) is 0.667. The van der Waals surface area contributed by atoms with Gasteiger partial charge in [0, 0.05) is 56.8 Å². The van der Waals surface area contributed by atoms with Crippen LogP contribution in [0.25, 0.3) is 0 Å². The minimum absolute atomic E-state index is 0.0524. The number of amides is 2. The Balaban J connectivity index is 1.58. The van der Waals surface area contributed by atoms with Crippen molar-refractivity contribution < 1.29 is 9.59 Å². The summed E-state index contributed by atoms with van der Waals surface area (Å²) >= 11 is 0. The number of anilines is 1. The number of likely N-dealkylation sites (tertiary alicyclic amines) is 1. The van der Waals surface area contributed by atoms with E-state index in [4.69, 9.17) is 0 Å². The van der Waals surface area contributed by atoms with Crippen molar-refractivity contribution in [2.45, 2.75) is 39.5 Å². The third-order valence-corrected chi connectivity index (χ3v) is 4.83. The predicted molar refractivity (Wildman–Crippen MR) is 95.5 cm³/mol. The molecule has 0 aromatic carbocycles. The number of hydrogen-bond acceptors (Lipinski definition) is 5. The number of piperazine rings is 1. The van der Waals surface area contributed by atoms with Crippen LogP contribution in [0.5, 0.6) is 0 Å². The molecule has 0 radical (unpaired) electrons. The zero-order valence-electron chi connectivity index (χ0n) is 15.4. The lowest BCUT2D eigenvalue weighted by molar-refractivity contribution is -0.138. The van der Waals surface area contributed by atoms with E-state index in [2.05, 4.69) is 28.7 Å². The SMILES string of the molecule is Cc1cc(N2CCN(C(=O)CN3CCCC3=O)CC2)nc(C(C)C)n1. The average Bonchev–Trinajstić information content (AvgIpc) is 2.99. The van der Waals surface area contributed by atoms with Crippen molar-refractivity contribution in [2.24, 2.45) is 0 Å². The highest BCUT2D eigenvalue weighted by Gasteiger charge is 2.27. The van der Waals surface area contributed by atoms with E-state index in [0.29, 0.717) is 32.0 Å². The molecule has 2 amide bonds. The molecule has 7 nitrogen and oxygen atoms in total. The van der Waals surface area contributed by atoms with Crippen molar-refractivity contribution in [1.29, 1.82) is 0 Å². The van der Waals surface area contributed by atoms with Gasteiger partial charge in [0.2, 0.25) is 11.8 Å². The first kappa shape index (κ1) is 17.6. The molecular formula is C18H27N5O2. The summed E-state index contributed by atoms with van der Waals surface area (Å²) in [5, 5.41) is 0. The van der Waals surface area contributed by atoms with Crippen LogP contribution < -0.4 is 4.90 Å². The van der Waals surface area contributed by atoms with E-state index in [0.717, 1.165) is 36.8 Å². The molecule has 3 heterocycles. The highest BCUT2D eigenvalue weighted by atomic mass is 16.2. The lowest BCUT2D eigenvalue weighted by Gasteiger charge is -2.36. The van der Waals surface area contributed by atoms with Crippen LogP contribution in [-0.2, 0) is 9.59 Å². The summed E-state index contributed by atoms with van der Waals surface area (Å²) in [5.41, 5.74) is 0.972. The molecular weight excluding hydrogens is 318 g/mol. The van der Waals surface area contributed by atoms with Crippen LogP contribution in [0.1, 0.15) is 44.1 Å². The van der Waals surface area contributed by atoms with Crippen LogP contribution in [-0.4, -0.2) is 70.9 Å². The van der Waals surface area contributed by atoms with E-state index >= 15 is 0 Å². The van der Waals surface area contributed by atoms with Gasteiger partial charge < -0.3 is 14.7 Å². The lowest BCUT2D eigenvalue weighted by atomic mass is 10.2. The van der Waals surface area contributed by atoms with Crippen LogP contribution in [0.3, 0.4) is 0 Å². The Morgan fingerprint density at radius 3 is 2.48 bits per heavy atom. The monoisotopic (exact) mass is 345 g/mol. The van der Waals surface area contributed by atoms with Crippen molar-refractivity contribution in [3.05, 3.63) is 17.6 Å². The molecule has 0 aliphatic carbocycles. The zero-order chi connectivity index (χ0) is 18.0. The molecule has 3 rings (SSSR count). The van der Waals surface area contributed by atoms with Crippen molar-refractivity contribution >= 4 is 17.6 Å². The molecule has 0 spiro atoms. The Hall–Kier alpha value is -2.18. The van der Waals surface area contributed by atoms with E-state index in [9.17, 15) is 9.59 Å². The molecule has 1 aromatic heterocycles. The van der Waals surface area contributed by atoms with Gasteiger partial charge in [-0.05, 0) is 13.3 Å². The quantitative estimate of drug-likeness (QED) is 0.820. The normalized spacial score (nSPS) is 18.4. The van der Waals surface area contributed by atoms with E-state index < -0.39 is 0 Å². The van der Waals surface area contributed by atoms with Gasteiger partial charge in [-0.15, -0.1) is 0 Å². The first-order valence-corrected chi connectivity index (χ1v) is 9.10. The molecule has 136 valence electrons. The fourth-order valence-corrected chi connectivity index (χ4v) is 3.31. The average molecular weight is 345 g/mol. The van der Waals surface area contributed by atoms with Crippen molar-refractivity contribution in [1.82, 2.24) is 19.8 Å². The Bertz CT molecular complexity index is 653. The van der Waals surface area contributed by atoms with Gasteiger partial charge in [0.15, 0.2) is 0 Å². The lowest BCUT2D eigenvalue weighted by Crippen LogP contribution is -2.51. The molecule has 2 aliphatic rings. The van der Waals surface area contributed by atoms with Crippen molar-refractivity contribution in [3.63, 3.8) is 0 Å². The van der Waals surface area contributed by atoms with Gasteiger partial charge in [0.05, 0.1) is 6.54 Å². The van der Waals surface area contributed by atoms with Gasteiger partial charge in [-0.3, -0.25) is 9.59 Å². The second kappa shape index (κ2) is 7.37. The minimum Gasteiger partial charge on any atom is -0.353 e. The van der Waals surface area contributed by atoms with Gasteiger partial charge >= 0.3 is 0 Å². The number of carbonyl (C=O) groups excluding carboxylic acids is 2. The number of nitrogens with zero attached hydrogens (tertiary/aromatic N) is 5. The summed E-state index contributed by atoms with van der Waals surface area (Å²) in [6.45, 7) is 9.96. The molecule has 7 heteroatoms. The minimum atomic E-state index is 0.0524. The van der Waals surface area contributed by atoms with Crippen LogP contribution in [0, 0.1) is 6.92 Å². The number of hydrogen-bond donors (Lipinski definition) is 0. The maximum atomic E-state index is 12.4. The molecule has 0 saturated carbocycles. The van der Waals surface area contributed by atoms with Gasteiger partial charge in [-0.25, -0.2) is 9.97 Å². The standard InChI is InChI=1S/C18H27N5O2/c1-13(2)18-19-14(3)11-15(20-18)21-7-9-22(10-8-21)17(25)12-23-6-4-5-16(23)24/h11,13H,4-10,12H2,1-3H3. The largest absolute Gasteiger partial charge is 0.353 e. The highest BCUT2D eigenvalue weighted by Crippen LogP contribution is 2.19. The molecule has 0 unspecified atom stereocenters. The first-order chi connectivity index (χ1) is 11.9. The summed E-state index contributed by atoms with van der Waals surface area (Å²) in [6.07, 6.45) is 1.44. The van der Waals surface area contributed by atoms with Crippen LogP contribution >= 0.6 is 0 Å². The topological polar surface area (TPSA) is 69.6 Å². The Morgan fingerprint density at radius 1 is 1.16 bits per heavy atom. The van der Waals surface area contributed by atoms with Crippen LogP contribution in [0.4, 0.5) is 5.82 Å². The summed E-state index contributed by atoms with van der Waals surface area (Å²) in [6, 6.07) is 2.01. The van der Waals surface area contributed by atoms with Gasteiger partial charge in [-0.1, -0.05) is 13.8 Å². The van der Waals surface area contributed by atoms with Crippen LogP contribution in [0.2, 0.25) is 0 Å². The summed E-state index contributed by atoms with van der Waals surface area (Å²) < 4.78 is 0. The van der Waals surface area contributed by atoms with Crippen molar-refractivity contribution in [3.8, 4) is 0 Å². The first-order valence-electron chi connectivity index (χ1n) is 9.10. The second-order valence-corrected chi connectivity index (χ2v) is 7.17. The second-order valence-electron chi connectivity index (χ2n) is 7.17. The molecule has 0 N–H and O–H groups in total. The molecule has 2 aliphatic heterocycles. The molecule has 2 saturated heterocycles. The predicted octanol–water partition coefficient (Wildman–Crippen LogP) is 1.18. The number of carbonyl (C=O) groups is 2. The van der Waals surface area contributed by atoms with Crippen molar-refractivity contribution in [2.75, 3.05) is 44.2 Å². The van der Waals surface area contributed by atoms with E-state index in [-0.39, 0.29) is 18.4 Å². The number of aromatic nitrogens is 2. The smallest absolute Gasteiger partial charge is 0.242 e. The molecule has 25 heavy (non-hydrogen) atoms. The maximum Gasteiger partial charge on any atom is 0.242 e. The molecule has 2 fully saturated rings. The van der Waals surface area contributed by atoms with E-state index in [1.165, 1.54) is 0 Å². The maximum absolute atomic E-state index is 12.4. The summed E-state index contributed by atoms with van der Waals surface area (Å²) in [7, 11) is 0. The molecule has 1 aromatic rings. The molecule has 0 atom stereocenters. The Morgan fingerprint density at radius 2 is 1.88 bits per heavy atom. The molecule has 0 bridgehead atoms. The van der Waals surface area contributed by atoms with Crippen LogP contribution in [0.15, 0.2) is 6.07 Å². The number of rotatable bonds is 4. The number of aryl methyl sites for hydroxylation is 1. The Kier molecular flexibility index (Phi) is 5.20. The fourth-order valence-electron chi connectivity index (χ4n) is 3.31. The third kappa shape index (κ3) is 4.08. The van der Waals surface area contributed by atoms with Gasteiger partial charge in [0.1, 0.15) is 11.6 Å². The van der Waals surface area contributed by atoms with Gasteiger partial charge in [-0.2, -0.15) is 0 Å². The Labute approximate surface area is 149 Å². The van der Waals surface area contributed by atoms with Gasteiger partial charge in [0.25, 0.3) is 0 Å². The summed E-state index contributed by atoms with van der Waals surface area (Å²) in [4.78, 5) is 39.0. The highest BCUT2D eigenvalue weighted by molar-refractivity contribution is 5.86. The van der Waals surface area contributed by atoms with E-state index in [1.807, 2.05) is 17.9 Å².